The van der Waals surface area contributed by atoms with E-state index in [0.29, 0.717) is 28.5 Å². The molecule has 0 aliphatic heterocycles. The van der Waals surface area contributed by atoms with Crippen molar-refractivity contribution in [3.8, 4) is 5.75 Å². The Bertz CT molecular complexity index is 2300. The molecule has 0 spiro atoms. The first kappa shape index (κ1) is 38.3. The van der Waals surface area contributed by atoms with Gasteiger partial charge in [-0.05, 0) is 71.6 Å². The Kier molecular flexibility index (Phi) is 12.4. The fourth-order valence-corrected chi connectivity index (χ4v) is 8.09. The molecule has 0 fully saturated rings. The first-order chi connectivity index (χ1) is 25.5. The van der Waals surface area contributed by atoms with E-state index in [1.165, 1.54) is 12.1 Å². The molecule has 6 rings (SSSR count). The van der Waals surface area contributed by atoms with Crippen molar-refractivity contribution in [3.05, 3.63) is 170 Å². The third kappa shape index (κ3) is 9.23. The molecule has 274 valence electrons. The summed E-state index contributed by atoms with van der Waals surface area (Å²) in [7, 11) is -3.77. The van der Waals surface area contributed by atoms with Crippen LogP contribution in [-0.4, -0.2) is 38.7 Å². The number of halogens is 4. The van der Waals surface area contributed by atoms with Crippen LogP contribution in [0.2, 0.25) is 15.1 Å². The van der Waals surface area contributed by atoms with Gasteiger partial charge in [-0.2, -0.15) is 0 Å². The molecule has 0 aliphatic rings. The highest BCUT2D eigenvalue weighted by molar-refractivity contribution is 7.88. The van der Waals surface area contributed by atoms with E-state index in [-0.39, 0.29) is 47.9 Å². The second kappa shape index (κ2) is 17.2. The maximum atomic E-state index is 14.8. The van der Waals surface area contributed by atoms with E-state index in [0.717, 1.165) is 39.4 Å². The van der Waals surface area contributed by atoms with Crippen LogP contribution in [0.15, 0.2) is 115 Å². The van der Waals surface area contributed by atoms with Crippen molar-refractivity contribution in [1.29, 1.82) is 0 Å². The molecule has 53 heavy (non-hydrogen) atoms. The monoisotopic (exact) mass is 792 g/mol. The topological polar surface area (TPSA) is 86.6 Å². The molecule has 0 saturated heterocycles. The normalized spacial score (nSPS) is 11.7. The first-order valence-electron chi connectivity index (χ1n) is 17.0. The van der Waals surface area contributed by atoms with Crippen molar-refractivity contribution in [2.75, 3.05) is 19.8 Å². The molecule has 1 heterocycles. The van der Waals surface area contributed by atoms with Crippen LogP contribution in [0.25, 0.3) is 10.9 Å². The molecule has 5 aromatic carbocycles. The molecular formula is C41H36Cl3FN2O5S. The van der Waals surface area contributed by atoms with E-state index in [4.69, 9.17) is 44.3 Å². The number of esters is 1. The van der Waals surface area contributed by atoms with E-state index < -0.39 is 21.8 Å². The van der Waals surface area contributed by atoms with Crippen molar-refractivity contribution < 1.29 is 27.1 Å². The van der Waals surface area contributed by atoms with Crippen molar-refractivity contribution >= 4 is 61.7 Å². The molecular weight excluding hydrogens is 758 g/mol. The molecule has 0 bridgehead atoms. The number of benzene rings is 5. The Morgan fingerprint density at radius 3 is 2.17 bits per heavy atom. The zero-order valence-corrected chi connectivity index (χ0v) is 31.8. The average Bonchev–Trinajstić information content (AvgIpc) is 3.42. The predicted octanol–water partition coefficient (Wildman–Crippen LogP) is 9.84. The minimum Gasteiger partial charge on any atom is -0.493 e. The lowest BCUT2D eigenvalue weighted by atomic mass is 9.97. The zero-order valence-electron chi connectivity index (χ0n) is 28.7. The largest absolute Gasteiger partial charge is 0.493 e. The zero-order chi connectivity index (χ0) is 37.5. The Balaban J connectivity index is 1.38. The predicted molar refractivity (Wildman–Crippen MR) is 209 cm³/mol. The molecule has 1 N–H and O–H groups in total. The Labute approximate surface area is 323 Å². The summed E-state index contributed by atoms with van der Waals surface area (Å²) in [5, 5.41) is 2.05. The number of hydrogen-bond donors (Lipinski definition) is 1. The highest BCUT2D eigenvalue weighted by Gasteiger charge is 2.26. The van der Waals surface area contributed by atoms with Crippen LogP contribution in [0, 0.1) is 5.82 Å². The Morgan fingerprint density at radius 1 is 0.830 bits per heavy atom. The summed E-state index contributed by atoms with van der Waals surface area (Å²) in [4.78, 5) is 12.1. The van der Waals surface area contributed by atoms with E-state index in [9.17, 15) is 17.6 Å². The number of hydrogen-bond acceptors (Lipinski definition) is 5. The summed E-state index contributed by atoms with van der Waals surface area (Å²) in [6, 6.07) is 34.4. The van der Waals surface area contributed by atoms with Crippen molar-refractivity contribution in [1.82, 2.24) is 9.29 Å². The maximum Gasteiger partial charge on any atom is 0.341 e. The number of sulfonamides is 1. The van der Waals surface area contributed by atoms with E-state index in [2.05, 4.69) is 33.6 Å². The second-order valence-electron chi connectivity index (χ2n) is 12.3. The molecule has 0 radical (unpaired) electrons. The highest BCUT2D eigenvalue weighted by Crippen LogP contribution is 2.38. The minimum absolute atomic E-state index is 0.0956. The van der Waals surface area contributed by atoms with E-state index >= 15 is 0 Å². The third-order valence-corrected chi connectivity index (χ3v) is 11.1. The molecule has 0 amide bonds. The molecule has 12 heteroatoms. The number of fused-ring (bicyclic) bond motifs is 1. The number of ether oxygens (including phenoxy) is 2. The molecule has 0 aliphatic carbocycles. The number of carbonyl (C=O) groups is 1. The lowest BCUT2D eigenvalue weighted by Crippen LogP contribution is -2.28. The molecule has 6 aromatic rings. The van der Waals surface area contributed by atoms with Gasteiger partial charge in [-0.3, -0.25) is 0 Å². The fraction of sp³-hybridized carbons (Fsp3) is 0.195. The number of aromatic nitrogens is 1. The smallest absolute Gasteiger partial charge is 0.341 e. The summed E-state index contributed by atoms with van der Waals surface area (Å²) < 4.78 is 57.5. The minimum atomic E-state index is -3.77. The van der Waals surface area contributed by atoms with Gasteiger partial charge in [0.15, 0.2) is 0 Å². The van der Waals surface area contributed by atoms with Gasteiger partial charge in [-0.25, -0.2) is 22.3 Å². The van der Waals surface area contributed by atoms with Crippen LogP contribution >= 0.6 is 34.8 Å². The maximum absolute atomic E-state index is 14.8. The van der Waals surface area contributed by atoms with Crippen molar-refractivity contribution in [2.45, 2.75) is 31.6 Å². The van der Waals surface area contributed by atoms with Gasteiger partial charge in [0, 0.05) is 47.1 Å². The lowest BCUT2D eigenvalue weighted by molar-refractivity contribution is 0.0521. The van der Waals surface area contributed by atoms with Gasteiger partial charge < -0.3 is 14.0 Å². The van der Waals surface area contributed by atoms with Crippen LogP contribution in [0.3, 0.4) is 0 Å². The van der Waals surface area contributed by atoms with Gasteiger partial charge in [0.25, 0.3) is 0 Å². The summed E-state index contributed by atoms with van der Waals surface area (Å²) in [6.45, 7) is 2.03. The van der Waals surface area contributed by atoms with Gasteiger partial charge in [-0.15, -0.1) is 0 Å². The SMILES string of the molecule is CCOC(=O)c1ccc(OCCc2c(CCNS(=O)(=O)Cc3ccc(Cl)c(Cl)c3)n(C(c3ccccc3)c3ccccc3)c3ccc(Cl)cc23)cc1F. The average molecular weight is 794 g/mol. The molecule has 1 aromatic heterocycles. The third-order valence-electron chi connectivity index (χ3n) is 8.75. The van der Waals surface area contributed by atoms with Gasteiger partial charge >= 0.3 is 5.97 Å². The number of rotatable bonds is 15. The molecule has 0 saturated carbocycles. The molecule has 7 nitrogen and oxygen atoms in total. The van der Waals surface area contributed by atoms with Crippen molar-refractivity contribution in [3.63, 3.8) is 0 Å². The number of carbonyl (C=O) groups excluding carboxylic acids is 1. The number of nitrogens with zero attached hydrogens (tertiary/aromatic N) is 1. The first-order valence-corrected chi connectivity index (χ1v) is 19.7. The lowest BCUT2D eigenvalue weighted by Gasteiger charge is -2.25. The Hall–Kier alpha value is -4.38. The van der Waals surface area contributed by atoms with Crippen LogP contribution in [0.5, 0.6) is 5.75 Å². The summed E-state index contributed by atoms with van der Waals surface area (Å²) in [5.74, 6) is -1.51. The van der Waals surface area contributed by atoms with Crippen molar-refractivity contribution in [2.24, 2.45) is 0 Å². The second-order valence-corrected chi connectivity index (χ2v) is 15.4. The van der Waals surface area contributed by atoms with Gasteiger partial charge in [0.05, 0.1) is 40.6 Å². The summed E-state index contributed by atoms with van der Waals surface area (Å²) in [5.41, 5.74) is 5.10. The highest BCUT2D eigenvalue weighted by atomic mass is 35.5. The summed E-state index contributed by atoms with van der Waals surface area (Å²) >= 11 is 18.8. The van der Waals surface area contributed by atoms with Gasteiger partial charge in [0.1, 0.15) is 11.6 Å². The molecule has 0 unspecified atom stereocenters. The van der Waals surface area contributed by atoms with E-state index in [1.807, 2.05) is 54.6 Å². The van der Waals surface area contributed by atoms with Gasteiger partial charge in [-0.1, -0.05) is 102 Å². The van der Waals surface area contributed by atoms with Crippen LogP contribution in [0.1, 0.15) is 51.3 Å². The quantitative estimate of drug-likeness (QED) is 0.105. The van der Waals surface area contributed by atoms with Gasteiger partial charge in [0.2, 0.25) is 10.0 Å². The fourth-order valence-electron chi connectivity index (χ4n) is 6.47. The molecule has 0 atom stereocenters. The number of nitrogens with one attached hydrogen (secondary N) is 1. The van der Waals surface area contributed by atoms with Crippen LogP contribution in [0.4, 0.5) is 4.39 Å². The van der Waals surface area contributed by atoms with E-state index in [1.54, 1.807) is 25.1 Å². The standard InChI is InChI=1S/C41H36Cl3FN2O5S/c1-2-51-41(48)33-16-15-31(25-37(33)45)52-22-20-32-34-24-30(42)14-18-38(34)47(40(28-9-5-3-6-10-28)29-11-7-4-8-12-29)39(32)19-21-46-53(49,50)26-27-13-17-35(43)36(44)23-27/h3-18,23-25,40,46H,2,19-22,26H2,1H3. The van der Waals surface area contributed by atoms with Crippen LogP contribution in [-0.2, 0) is 33.4 Å². The van der Waals surface area contributed by atoms with Crippen LogP contribution < -0.4 is 9.46 Å². The summed E-state index contributed by atoms with van der Waals surface area (Å²) in [6.07, 6.45) is 0.702. The Morgan fingerprint density at radius 2 is 1.53 bits per heavy atom.